The molecule has 4 N–H and O–H groups in total. The molecule has 34 heavy (non-hydrogen) atoms. The molecule has 0 saturated heterocycles. The molecule has 4 rings (SSSR count). The number of nitrogens with zero attached hydrogens (tertiary/aromatic N) is 3. The number of esters is 1. The number of ether oxygens (including phenoxy) is 1. The minimum atomic E-state index is -0.396. The van der Waals surface area contributed by atoms with Crippen molar-refractivity contribution in [2.75, 3.05) is 18.5 Å². The van der Waals surface area contributed by atoms with Crippen molar-refractivity contribution in [1.29, 1.82) is 5.26 Å². The van der Waals surface area contributed by atoms with Crippen molar-refractivity contribution in [2.24, 2.45) is 5.73 Å². The number of anilines is 1. The Bertz CT molecular complexity index is 1220. The van der Waals surface area contributed by atoms with Crippen LogP contribution in [-0.2, 0) is 9.53 Å². The third-order valence-corrected chi connectivity index (χ3v) is 5.99. The first-order chi connectivity index (χ1) is 16.5. The molecule has 1 fully saturated rings. The van der Waals surface area contributed by atoms with Crippen LogP contribution < -0.4 is 16.4 Å². The molecule has 0 bridgehead atoms. The fraction of sp³-hybridized carbons (Fsp3) is 0.360. The van der Waals surface area contributed by atoms with Crippen molar-refractivity contribution in [3.8, 4) is 17.3 Å². The number of fused-ring (bicyclic) bond motifs is 1. The maximum absolute atomic E-state index is 13.2. The lowest BCUT2D eigenvalue weighted by molar-refractivity contribution is -0.140. The number of nitriles is 1. The first kappa shape index (κ1) is 23.3. The van der Waals surface area contributed by atoms with Gasteiger partial charge >= 0.3 is 5.97 Å². The Hall–Kier alpha value is -3.90. The number of imidazole rings is 1. The molecular formula is C25H28N6O3. The molecule has 9 heteroatoms. The van der Waals surface area contributed by atoms with Crippen LogP contribution in [0.3, 0.4) is 0 Å². The molecule has 0 radical (unpaired) electrons. The summed E-state index contributed by atoms with van der Waals surface area (Å²) in [5, 5.41) is 15.4. The Morgan fingerprint density at radius 1 is 1.21 bits per heavy atom. The van der Waals surface area contributed by atoms with Gasteiger partial charge in [-0.05, 0) is 56.9 Å². The maximum atomic E-state index is 13.2. The number of benzene rings is 1. The van der Waals surface area contributed by atoms with E-state index in [1.165, 1.54) is 0 Å². The van der Waals surface area contributed by atoms with Gasteiger partial charge in [-0.15, -0.1) is 0 Å². The molecule has 2 heterocycles. The monoisotopic (exact) mass is 460 g/mol. The van der Waals surface area contributed by atoms with Crippen LogP contribution in [0.15, 0.2) is 42.6 Å². The van der Waals surface area contributed by atoms with Gasteiger partial charge in [0.2, 0.25) is 0 Å². The lowest BCUT2D eigenvalue weighted by Gasteiger charge is -2.26. The molecule has 0 atom stereocenters. The van der Waals surface area contributed by atoms with Gasteiger partial charge in [-0.2, -0.15) is 5.26 Å². The third-order valence-electron chi connectivity index (χ3n) is 5.99. The highest BCUT2D eigenvalue weighted by Gasteiger charge is 2.24. The molecule has 0 unspecified atom stereocenters. The standard InChI is InChI=1S/C25H28N6O3/c1-2-34-21(32)15-28-24-22(17-7-5-16(14-26)6-8-17)30-23-20(4-3-13-31(23)24)25(33)29-19-11-9-18(27)10-12-19/h3-8,13,18-19,28H,2,9-12,15,27H2,1H3,(H,29,33). The van der Waals surface area contributed by atoms with Gasteiger partial charge in [0, 0.05) is 23.8 Å². The van der Waals surface area contributed by atoms with Crippen molar-refractivity contribution in [3.05, 3.63) is 53.7 Å². The van der Waals surface area contributed by atoms with Gasteiger partial charge in [0.15, 0.2) is 5.65 Å². The van der Waals surface area contributed by atoms with E-state index in [0.717, 1.165) is 31.2 Å². The molecule has 1 amide bonds. The molecule has 0 aliphatic heterocycles. The highest BCUT2D eigenvalue weighted by Crippen LogP contribution is 2.30. The van der Waals surface area contributed by atoms with Crippen LogP contribution >= 0.6 is 0 Å². The minimum Gasteiger partial charge on any atom is -0.465 e. The fourth-order valence-corrected chi connectivity index (χ4v) is 4.21. The average molecular weight is 461 g/mol. The molecule has 0 spiro atoms. The van der Waals surface area contributed by atoms with Crippen LogP contribution in [0.5, 0.6) is 0 Å². The van der Waals surface area contributed by atoms with Crippen molar-refractivity contribution in [3.63, 3.8) is 0 Å². The summed E-state index contributed by atoms with van der Waals surface area (Å²) in [7, 11) is 0. The average Bonchev–Trinajstić information content (AvgIpc) is 3.23. The van der Waals surface area contributed by atoms with Gasteiger partial charge in [0.1, 0.15) is 18.1 Å². The highest BCUT2D eigenvalue weighted by molar-refractivity contribution is 6.01. The Morgan fingerprint density at radius 2 is 1.94 bits per heavy atom. The third kappa shape index (κ3) is 5.02. The van der Waals surface area contributed by atoms with E-state index in [1.807, 2.05) is 0 Å². The fourth-order valence-electron chi connectivity index (χ4n) is 4.21. The summed E-state index contributed by atoms with van der Waals surface area (Å²) in [4.78, 5) is 29.9. The van der Waals surface area contributed by atoms with Crippen LogP contribution in [0.2, 0.25) is 0 Å². The lowest BCUT2D eigenvalue weighted by Crippen LogP contribution is -2.40. The van der Waals surface area contributed by atoms with E-state index < -0.39 is 5.97 Å². The molecule has 9 nitrogen and oxygen atoms in total. The highest BCUT2D eigenvalue weighted by atomic mass is 16.5. The Balaban J connectivity index is 1.70. The second-order valence-corrected chi connectivity index (χ2v) is 8.36. The summed E-state index contributed by atoms with van der Waals surface area (Å²) in [5.74, 6) is -0.0296. The van der Waals surface area contributed by atoms with E-state index in [0.29, 0.717) is 28.3 Å². The van der Waals surface area contributed by atoms with Crippen LogP contribution in [-0.4, -0.2) is 46.5 Å². The smallest absolute Gasteiger partial charge is 0.325 e. The SMILES string of the molecule is CCOC(=O)CNc1c(-c2ccc(C#N)cc2)nc2c(C(=O)NC3CCC(N)CC3)cccn12. The van der Waals surface area contributed by atoms with E-state index in [4.69, 9.17) is 20.7 Å². The predicted molar refractivity (Wildman–Crippen MR) is 128 cm³/mol. The number of carbonyl (C=O) groups excluding carboxylic acids is 2. The number of carbonyl (C=O) groups is 2. The molecule has 1 aliphatic rings. The molecule has 3 aromatic rings. The quantitative estimate of drug-likeness (QED) is 0.462. The Morgan fingerprint density at radius 3 is 2.62 bits per heavy atom. The van der Waals surface area contributed by atoms with Gasteiger partial charge in [0.05, 0.1) is 23.8 Å². The van der Waals surface area contributed by atoms with Crippen molar-refractivity contribution >= 4 is 23.3 Å². The number of amides is 1. The van der Waals surface area contributed by atoms with E-state index in [-0.39, 0.29) is 31.1 Å². The van der Waals surface area contributed by atoms with E-state index in [2.05, 4.69) is 16.7 Å². The number of hydrogen-bond acceptors (Lipinski definition) is 7. The second-order valence-electron chi connectivity index (χ2n) is 8.36. The lowest BCUT2D eigenvalue weighted by atomic mass is 9.91. The summed E-state index contributed by atoms with van der Waals surface area (Å²) in [5.41, 5.74) is 8.75. The van der Waals surface area contributed by atoms with E-state index >= 15 is 0 Å². The number of aromatic nitrogens is 2. The van der Waals surface area contributed by atoms with Gasteiger partial charge < -0.3 is 21.1 Å². The number of rotatable bonds is 7. The first-order valence-corrected chi connectivity index (χ1v) is 11.5. The molecule has 1 aromatic carbocycles. The molecule has 1 saturated carbocycles. The summed E-state index contributed by atoms with van der Waals surface area (Å²) in [6.45, 7) is 1.98. The zero-order chi connectivity index (χ0) is 24.1. The maximum Gasteiger partial charge on any atom is 0.325 e. The molecular weight excluding hydrogens is 432 g/mol. The summed E-state index contributed by atoms with van der Waals surface area (Å²) in [6.07, 6.45) is 5.28. The van der Waals surface area contributed by atoms with Crippen molar-refractivity contribution < 1.29 is 14.3 Å². The minimum absolute atomic E-state index is 0.0519. The second kappa shape index (κ2) is 10.4. The van der Waals surface area contributed by atoms with Crippen LogP contribution in [0.1, 0.15) is 48.5 Å². The largest absolute Gasteiger partial charge is 0.465 e. The van der Waals surface area contributed by atoms with Gasteiger partial charge in [-0.25, -0.2) is 4.98 Å². The van der Waals surface area contributed by atoms with E-state index in [1.54, 1.807) is 53.9 Å². The van der Waals surface area contributed by atoms with Crippen LogP contribution in [0.4, 0.5) is 5.82 Å². The normalized spacial score (nSPS) is 17.7. The zero-order valence-electron chi connectivity index (χ0n) is 19.1. The summed E-state index contributed by atoms with van der Waals surface area (Å²) >= 11 is 0. The van der Waals surface area contributed by atoms with Gasteiger partial charge in [-0.1, -0.05) is 12.1 Å². The van der Waals surface area contributed by atoms with Crippen molar-refractivity contribution in [1.82, 2.24) is 14.7 Å². The molecule has 2 aromatic heterocycles. The first-order valence-electron chi connectivity index (χ1n) is 11.5. The van der Waals surface area contributed by atoms with E-state index in [9.17, 15) is 9.59 Å². The number of pyridine rings is 1. The van der Waals surface area contributed by atoms with Gasteiger partial charge in [0.25, 0.3) is 5.91 Å². The molecule has 176 valence electrons. The van der Waals surface area contributed by atoms with Gasteiger partial charge in [-0.3, -0.25) is 14.0 Å². The number of nitrogens with one attached hydrogen (secondary N) is 2. The Labute approximate surface area is 197 Å². The Kier molecular flexibility index (Phi) is 7.09. The van der Waals surface area contributed by atoms with Crippen molar-refractivity contribution in [2.45, 2.75) is 44.7 Å². The zero-order valence-corrected chi connectivity index (χ0v) is 19.1. The summed E-state index contributed by atoms with van der Waals surface area (Å²) < 4.78 is 6.80. The summed E-state index contributed by atoms with van der Waals surface area (Å²) in [6, 6.07) is 12.9. The molecule has 1 aliphatic carbocycles. The predicted octanol–water partition coefficient (Wildman–Crippen LogP) is 2.85. The van der Waals surface area contributed by atoms with Crippen LogP contribution in [0.25, 0.3) is 16.9 Å². The van der Waals surface area contributed by atoms with Crippen LogP contribution in [0, 0.1) is 11.3 Å². The number of nitrogens with two attached hydrogens (primary N) is 1. The number of hydrogen-bond donors (Lipinski definition) is 3. The topological polar surface area (TPSA) is 135 Å².